The first-order chi connectivity index (χ1) is 13.6. The van der Waals surface area contributed by atoms with Gasteiger partial charge >= 0.3 is 0 Å². The highest BCUT2D eigenvalue weighted by atomic mass is 16.5. The molecule has 0 aromatic heterocycles. The van der Waals surface area contributed by atoms with E-state index in [4.69, 9.17) is 14.2 Å². The van der Waals surface area contributed by atoms with Gasteiger partial charge in [0.05, 0.1) is 32.0 Å². The van der Waals surface area contributed by atoms with Crippen LogP contribution in [0.1, 0.15) is 25.0 Å². The van der Waals surface area contributed by atoms with Crippen LogP contribution in [0.4, 0.5) is 0 Å². The molecule has 0 atom stereocenters. The van der Waals surface area contributed by atoms with E-state index < -0.39 is 0 Å². The number of benzene rings is 3. The maximum atomic E-state index is 9.84. The van der Waals surface area contributed by atoms with Crippen molar-refractivity contribution < 1.29 is 14.2 Å². The summed E-state index contributed by atoms with van der Waals surface area (Å²) in [6.07, 6.45) is 1.90. The van der Waals surface area contributed by atoms with Gasteiger partial charge in [-0.25, -0.2) is 0 Å². The van der Waals surface area contributed by atoms with Crippen molar-refractivity contribution in [3.8, 4) is 23.3 Å². The maximum Gasteiger partial charge on any atom is 0.161 e. The molecule has 0 aliphatic heterocycles. The Morgan fingerprint density at radius 2 is 1.64 bits per heavy atom. The summed E-state index contributed by atoms with van der Waals surface area (Å²) < 4.78 is 16.7. The van der Waals surface area contributed by atoms with Gasteiger partial charge in [-0.3, -0.25) is 0 Å². The van der Waals surface area contributed by atoms with Crippen LogP contribution in [0.5, 0.6) is 17.2 Å². The Balaban J connectivity index is 2.20. The molecule has 0 saturated carbocycles. The summed E-state index contributed by atoms with van der Waals surface area (Å²) in [5, 5.41) is 12.0. The Labute approximate surface area is 165 Å². The van der Waals surface area contributed by atoms with E-state index in [1.54, 1.807) is 20.3 Å². The highest BCUT2D eigenvalue weighted by molar-refractivity contribution is 6.00. The maximum absolute atomic E-state index is 9.84. The molecule has 3 aromatic carbocycles. The molecule has 0 fully saturated rings. The van der Waals surface area contributed by atoms with Crippen LogP contribution < -0.4 is 14.2 Å². The second-order valence-corrected chi connectivity index (χ2v) is 6.60. The predicted molar refractivity (Wildman–Crippen MR) is 113 cm³/mol. The van der Waals surface area contributed by atoms with E-state index in [9.17, 15) is 5.26 Å². The summed E-state index contributed by atoms with van der Waals surface area (Å²) in [5.74, 6) is 1.96. The van der Waals surface area contributed by atoms with Crippen LogP contribution in [0.15, 0.2) is 54.6 Å². The molecule has 0 spiro atoms. The van der Waals surface area contributed by atoms with Crippen molar-refractivity contribution in [1.82, 2.24) is 0 Å². The molecule has 0 radical (unpaired) electrons. The molecule has 0 saturated heterocycles. The fraction of sp³-hybridized carbons (Fsp3) is 0.208. The number of hydrogen-bond acceptors (Lipinski definition) is 4. The SMILES string of the molecule is COc1ccc(/C(C#N)=C/c2c(OC(C)C)ccc3ccccc23)cc1OC. The molecule has 142 valence electrons. The molecule has 4 nitrogen and oxygen atoms in total. The highest BCUT2D eigenvalue weighted by Crippen LogP contribution is 2.35. The van der Waals surface area contributed by atoms with E-state index in [-0.39, 0.29) is 6.10 Å². The molecule has 28 heavy (non-hydrogen) atoms. The quantitative estimate of drug-likeness (QED) is 0.410. The largest absolute Gasteiger partial charge is 0.493 e. The number of methoxy groups -OCH3 is 2. The standard InChI is InChI=1S/C24H23NO3/c1-16(2)28-22-11-9-17-7-5-6-8-20(17)21(22)13-19(15-25)18-10-12-23(26-3)24(14-18)27-4/h5-14,16H,1-4H3/b19-13+. The summed E-state index contributed by atoms with van der Waals surface area (Å²) in [6.45, 7) is 3.98. The molecule has 0 heterocycles. The minimum absolute atomic E-state index is 0.0277. The second kappa shape index (κ2) is 8.49. The van der Waals surface area contributed by atoms with Crippen molar-refractivity contribution in [3.05, 3.63) is 65.7 Å². The Morgan fingerprint density at radius 3 is 2.32 bits per heavy atom. The second-order valence-electron chi connectivity index (χ2n) is 6.60. The van der Waals surface area contributed by atoms with Crippen molar-refractivity contribution in [3.63, 3.8) is 0 Å². The lowest BCUT2D eigenvalue weighted by atomic mass is 9.98. The first-order valence-electron chi connectivity index (χ1n) is 9.10. The van der Waals surface area contributed by atoms with Gasteiger partial charge in [0.2, 0.25) is 0 Å². The average Bonchev–Trinajstić information content (AvgIpc) is 2.72. The summed E-state index contributed by atoms with van der Waals surface area (Å²) in [5.41, 5.74) is 2.16. The molecule has 0 amide bonds. The van der Waals surface area contributed by atoms with Gasteiger partial charge in [0.1, 0.15) is 5.75 Å². The number of fused-ring (bicyclic) bond motifs is 1. The minimum Gasteiger partial charge on any atom is -0.493 e. The van der Waals surface area contributed by atoms with Crippen molar-refractivity contribution in [2.24, 2.45) is 0 Å². The van der Waals surface area contributed by atoms with Crippen molar-refractivity contribution in [2.45, 2.75) is 20.0 Å². The monoisotopic (exact) mass is 373 g/mol. The molecule has 0 unspecified atom stereocenters. The fourth-order valence-corrected chi connectivity index (χ4v) is 3.11. The van der Waals surface area contributed by atoms with E-state index >= 15 is 0 Å². The summed E-state index contributed by atoms with van der Waals surface area (Å²) in [7, 11) is 3.17. The van der Waals surface area contributed by atoms with Crippen LogP contribution in [0, 0.1) is 11.3 Å². The normalized spacial score (nSPS) is 11.4. The number of nitriles is 1. The molecule has 0 bridgehead atoms. The van der Waals surface area contributed by atoms with E-state index in [0.717, 1.165) is 27.6 Å². The van der Waals surface area contributed by atoms with E-state index in [2.05, 4.69) is 6.07 Å². The summed E-state index contributed by atoms with van der Waals surface area (Å²) in [6, 6.07) is 19.8. The lowest BCUT2D eigenvalue weighted by molar-refractivity contribution is 0.242. The highest BCUT2D eigenvalue weighted by Gasteiger charge is 2.12. The number of allylic oxidation sites excluding steroid dienone is 1. The molecular formula is C24H23NO3. The molecule has 3 rings (SSSR count). The van der Waals surface area contributed by atoms with Crippen LogP contribution in [-0.4, -0.2) is 20.3 Å². The van der Waals surface area contributed by atoms with Gasteiger partial charge in [0.15, 0.2) is 11.5 Å². The third kappa shape index (κ3) is 3.94. The Morgan fingerprint density at radius 1 is 0.929 bits per heavy atom. The van der Waals surface area contributed by atoms with E-state index in [1.165, 1.54) is 0 Å². The van der Waals surface area contributed by atoms with Gasteiger partial charge in [-0.15, -0.1) is 0 Å². The number of hydrogen-bond donors (Lipinski definition) is 0. The van der Waals surface area contributed by atoms with Crippen molar-refractivity contribution in [2.75, 3.05) is 14.2 Å². The number of ether oxygens (including phenoxy) is 3. The summed E-state index contributed by atoms with van der Waals surface area (Å²) >= 11 is 0. The topological polar surface area (TPSA) is 51.5 Å². The minimum atomic E-state index is 0.0277. The van der Waals surface area contributed by atoms with E-state index in [0.29, 0.717) is 17.1 Å². The lowest BCUT2D eigenvalue weighted by Gasteiger charge is -2.15. The average molecular weight is 373 g/mol. The fourth-order valence-electron chi connectivity index (χ4n) is 3.11. The van der Waals surface area contributed by atoms with Gasteiger partial charge in [0, 0.05) is 5.56 Å². The zero-order valence-corrected chi connectivity index (χ0v) is 16.5. The first kappa shape index (κ1) is 19.3. The van der Waals surface area contributed by atoms with Gasteiger partial charge in [-0.1, -0.05) is 30.3 Å². The lowest BCUT2D eigenvalue weighted by Crippen LogP contribution is -2.06. The van der Waals surface area contributed by atoms with Crippen LogP contribution in [0.2, 0.25) is 0 Å². The molecule has 0 aliphatic rings. The van der Waals surface area contributed by atoms with Gasteiger partial charge in [-0.05, 0) is 60.5 Å². The molecule has 0 N–H and O–H groups in total. The van der Waals surface area contributed by atoms with Crippen molar-refractivity contribution in [1.29, 1.82) is 5.26 Å². The Hall–Kier alpha value is -3.45. The Bertz CT molecular complexity index is 1060. The van der Waals surface area contributed by atoms with Gasteiger partial charge in [-0.2, -0.15) is 5.26 Å². The van der Waals surface area contributed by atoms with E-state index in [1.807, 2.05) is 68.5 Å². The third-order valence-corrected chi connectivity index (χ3v) is 4.40. The first-order valence-corrected chi connectivity index (χ1v) is 9.10. The zero-order chi connectivity index (χ0) is 20.1. The smallest absolute Gasteiger partial charge is 0.161 e. The third-order valence-electron chi connectivity index (χ3n) is 4.40. The van der Waals surface area contributed by atoms with Crippen LogP contribution >= 0.6 is 0 Å². The van der Waals surface area contributed by atoms with Crippen LogP contribution in [0.25, 0.3) is 22.4 Å². The zero-order valence-electron chi connectivity index (χ0n) is 16.5. The number of nitrogens with zero attached hydrogens (tertiary/aromatic N) is 1. The summed E-state index contributed by atoms with van der Waals surface area (Å²) in [4.78, 5) is 0. The van der Waals surface area contributed by atoms with Crippen LogP contribution in [-0.2, 0) is 0 Å². The Kier molecular flexibility index (Phi) is 5.86. The molecular weight excluding hydrogens is 350 g/mol. The predicted octanol–water partition coefficient (Wildman–Crippen LogP) is 5.71. The van der Waals surface area contributed by atoms with Crippen molar-refractivity contribution >= 4 is 22.4 Å². The van der Waals surface area contributed by atoms with Gasteiger partial charge in [0.25, 0.3) is 0 Å². The molecule has 3 aromatic rings. The molecule has 0 aliphatic carbocycles. The van der Waals surface area contributed by atoms with Gasteiger partial charge < -0.3 is 14.2 Å². The molecule has 4 heteroatoms. The number of rotatable bonds is 6. The van der Waals surface area contributed by atoms with Crippen LogP contribution in [0.3, 0.4) is 0 Å².